The fourth-order valence-corrected chi connectivity index (χ4v) is 16.9. The number of amides is 17. The van der Waals surface area contributed by atoms with Crippen molar-refractivity contribution in [1.82, 2.24) is 98.9 Å². The first-order valence-corrected chi connectivity index (χ1v) is 41.3. The molecule has 43 nitrogen and oxygen atoms in total. The zero-order chi connectivity index (χ0) is 83.3. The van der Waals surface area contributed by atoms with Gasteiger partial charge in [-0.15, -0.1) is 0 Å². The number of aromatic nitrogens is 4. The van der Waals surface area contributed by atoms with E-state index in [1.165, 1.54) is 38.9 Å². The standard InChI is InChI=1S/C66H100N22O21S4/c1-6-31(4)51-64(107)78-37(18-48(68)91)56(99)79-38(16-33-20-70-28-72-33)65(108)88-14-8-10-47(88)63(106)76-35(11-12-50(93)94)54(97)77-36(15-30(2)3)55(98)83-42(52(69)95)24-110-112-27-45-61(104)81-40(22-89)57(100)80-39(17-34-21-71-29-73-34)66(109)87-13-7-9-46(87)62(105)74-32(5)53(96)84-44(60(103)82-41(23-90)58(101)86-51)26-113-111-25-43(59(102)85-45)75-49(92)19-67/h20-21,28-32,35-47,51,89-90H,6-19,22-27,67H2,1-5H3,(H2,68,91)(H2,69,95)(H,70,72)(H,71,73)(H,74,105)(H,75,92)(H,76,106)(H,77,97)(H,78,107)(H,79,99)(H,80,100)(H,81,104)(H,82,103)(H,83,98)(H,84,96)(H,85,102)(H,86,101)(H,93,94)/t31-,32-,35-,36-,37-,38-,39-,40-,41-,42-,43-,44-,45-,46-,47-,51-/m0/s1. The zero-order valence-corrected chi connectivity index (χ0v) is 65.9. The number of aliphatic hydroxyl groups excluding tert-OH is 2. The molecule has 113 heavy (non-hydrogen) atoms. The Balaban J connectivity index is 1.46. The fourth-order valence-electron chi connectivity index (χ4n) is 12.2. The lowest BCUT2D eigenvalue weighted by atomic mass is 9.97. The number of H-pyrrole nitrogens is 2. The second-order valence-electron chi connectivity index (χ2n) is 27.6. The van der Waals surface area contributed by atoms with Crippen molar-refractivity contribution < 1.29 is 102 Å². The second kappa shape index (κ2) is 45.2. The van der Waals surface area contributed by atoms with E-state index in [0.717, 1.165) is 53.0 Å². The summed E-state index contributed by atoms with van der Waals surface area (Å²) in [4.78, 5) is 270. The fraction of sp³-hybridized carbons (Fsp3) is 0.636. The zero-order valence-electron chi connectivity index (χ0n) is 62.6. The number of rotatable bonds is 18. The Bertz CT molecular complexity index is 3740. The van der Waals surface area contributed by atoms with E-state index in [-0.39, 0.29) is 76.1 Å². The monoisotopic (exact) mass is 1660 g/mol. The number of aliphatic hydroxyl groups is 2. The van der Waals surface area contributed by atoms with Gasteiger partial charge in [0.1, 0.15) is 90.6 Å². The number of nitrogens with one attached hydrogen (secondary N) is 15. The normalized spacial score (nSPS) is 28.1. The smallest absolute Gasteiger partial charge is 0.303 e. The number of imidazole rings is 2. The van der Waals surface area contributed by atoms with Crippen LogP contribution in [-0.4, -0.2) is 298 Å². The van der Waals surface area contributed by atoms with Crippen LogP contribution in [-0.2, 0) is 99.1 Å². The lowest BCUT2D eigenvalue weighted by Gasteiger charge is -2.31. The lowest BCUT2D eigenvalue weighted by molar-refractivity contribution is -0.143. The first-order chi connectivity index (χ1) is 53.7. The summed E-state index contributed by atoms with van der Waals surface area (Å²) >= 11 is 0. The van der Waals surface area contributed by atoms with Crippen LogP contribution in [0.2, 0.25) is 0 Å². The van der Waals surface area contributed by atoms with E-state index < -0.39 is 265 Å². The van der Waals surface area contributed by atoms with E-state index in [9.17, 15) is 102 Å². The van der Waals surface area contributed by atoms with Gasteiger partial charge in [-0.2, -0.15) is 0 Å². The number of carboxylic acids is 1. The first-order valence-electron chi connectivity index (χ1n) is 36.4. The van der Waals surface area contributed by atoms with Gasteiger partial charge in [0.05, 0.1) is 38.8 Å². The van der Waals surface area contributed by atoms with Crippen molar-refractivity contribution in [3.63, 3.8) is 0 Å². The number of nitrogens with zero attached hydrogens (tertiary/aromatic N) is 4. The number of aliphatic carboxylic acids is 1. The topological polar surface area (TPSA) is 666 Å². The molecule has 2 aromatic heterocycles. The molecule has 16 atom stereocenters. The van der Waals surface area contributed by atoms with Gasteiger partial charge in [0.25, 0.3) is 0 Å². The molecule has 4 aliphatic rings. The minimum absolute atomic E-state index is 0.0436. The van der Waals surface area contributed by atoms with E-state index >= 15 is 0 Å². The van der Waals surface area contributed by atoms with Gasteiger partial charge in [-0.3, -0.25) is 86.3 Å². The van der Waals surface area contributed by atoms with Crippen molar-refractivity contribution in [3.05, 3.63) is 36.4 Å². The largest absolute Gasteiger partial charge is 0.481 e. The number of carbonyl (C=O) groups is 18. The Morgan fingerprint density at radius 2 is 0.991 bits per heavy atom. The van der Waals surface area contributed by atoms with Crippen LogP contribution in [0.25, 0.3) is 0 Å². The van der Waals surface area contributed by atoms with Crippen LogP contribution in [0.3, 0.4) is 0 Å². The number of carboxylic acid groups (broad SMARTS) is 1. The molecule has 4 saturated heterocycles. The van der Waals surface area contributed by atoms with Crippen molar-refractivity contribution in [2.45, 2.75) is 196 Å². The number of nitrogens with two attached hydrogens (primary N) is 3. The van der Waals surface area contributed by atoms with Gasteiger partial charge in [0, 0.05) is 79.1 Å². The molecule has 6 rings (SSSR count). The van der Waals surface area contributed by atoms with Crippen molar-refractivity contribution in [3.8, 4) is 0 Å². The summed E-state index contributed by atoms with van der Waals surface area (Å²) in [7, 11) is 3.18. The van der Waals surface area contributed by atoms with Gasteiger partial charge < -0.3 is 121 Å². The number of hydrogen-bond donors (Lipinski definition) is 21. The highest BCUT2D eigenvalue weighted by molar-refractivity contribution is 8.77. The predicted octanol–water partition coefficient (Wildman–Crippen LogP) is -8.73. The van der Waals surface area contributed by atoms with Crippen molar-refractivity contribution in [1.29, 1.82) is 0 Å². The van der Waals surface area contributed by atoms with E-state index in [4.69, 9.17) is 17.2 Å². The maximum absolute atomic E-state index is 14.9. The highest BCUT2D eigenvalue weighted by Crippen LogP contribution is 2.27. The average molecular weight is 1670 g/mol. The summed E-state index contributed by atoms with van der Waals surface area (Å²) in [5.41, 5.74) is 17.7. The van der Waals surface area contributed by atoms with Gasteiger partial charge in [-0.05, 0) is 57.3 Å². The maximum atomic E-state index is 14.9. The number of primary amides is 2. The molecule has 0 aliphatic carbocycles. The van der Waals surface area contributed by atoms with Crippen molar-refractivity contribution in [2.75, 3.05) is 55.9 Å². The Morgan fingerprint density at radius 1 is 0.540 bits per heavy atom. The number of aromatic amines is 2. The molecule has 6 heterocycles. The van der Waals surface area contributed by atoms with Gasteiger partial charge >= 0.3 is 5.97 Å². The van der Waals surface area contributed by atoms with Gasteiger partial charge in [-0.1, -0.05) is 77.3 Å². The van der Waals surface area contributed by atoms with Crippen LogP contribution in [0.15, 0.2) is 25.0 Å². The third kappa shape index (κ3) is 28.0. The van der Waals surface area contributed by atoms with Crippen LogP contribution < -0.4 is 86.3 Å². The third-order valence-corrected chi connectivity index (χ3v) is 23.4. The minimum Gasteiger partial charge on any atom is -0.481 e. The molecule has 4 aliphatic heterocycles. The molecule has 24 N–H and O–H groups in total. The van der Waals surface area contributed by atoms with Gasteiger partial charge in [0.2, 0.25) is 100 Å². The van der Waals surface area contributed by atoms with Crippen LogP contribution >= 0.6 is 43.2 Å². The van der Waals surface area contributed by atoms with E-state index in [2.05, 4.69) is 89.1 Å². The number of fused-ring (bicyclic) bond motifs is 10. The predicted molar refractivity (Wildman–Crippen MR) is 407 cm³/mol. The van der Waals surface area contributed by atoms with Gasteiger partial charge in [-0.25, -0.2) is 9.97 Å². The molecule has 2 aromatic rings. The summed E-state index contributed by atoms with van der Waals surface area (Å²) in [6, 6.07) is -24.7. The van der Waals surface area contributed by atoms with Crippen molar-refractivity contribution in [2.24, 2.45) is 29.0 Å². The molecular formula is C66H100N22O21S4. The summed E-state index contributed by atoms with van der Waals surface area (Å²) in [6.07, 6.45) is 2.73. The average Bonchev–Trinajstić information content (AvgIpc) is 1.72. The van der Waals surface area contributed by atoms with Crippen LogP contribution in [0.5, 0.6) is 0 Å². The van der Waals surface area contributed by atoms with E-state index in [1.807, 2.05) is 0 Å². The highest BCUT2D eigenvalue weighted by atomic mass is 33.1. The second-order valence-corrected chi connectivity index (χ2v) is 32.7. The molecule has 0 saturated carbocycles. The minimum atomic E-state index is -1.95. The number of hydrogen-bond acceptors (Lipinski definition) is 27. The van der Waals surface area contributed by atoms with E-state index in [0.29, 0.717) is 5.69 Å². The molecule has 17 amide bonds. The summed E-state index contributed by atoms with van der Waals surface area (Å²) in [5.74, 6) is -22.4. The van der Waals surface area contributed by atoms with Crippen LogP contribution in [0, 0.1) is 11.8 Å². The molecule has 0 unspecified atom stereocenters. The molecule has 0 spiro atoms. The van der Waals surface area contributed by atoms with Crippen LogP contribution in [0.4, 0.5) is 0 Å². The molecular weight excluding hydrogens is 1570 g/mol. The van der Waals surface area contributed by atoms with Crippen LogP contribution in [0.1, 0.15) is 104 Å². The Labute approximate surface area is 663 Å². The lowest BCUT2D eigenvalue weighted by Crippen LogP contribution is -2.62. The molecule has 0 radical (unpaired) electrons. The summed E-state index contributed by atoms with van der Waals surface area (Å²) in [5, 5.41) is 63.5. The summed E-state index contributed by atoms with van der Waals surface area (Å²) in [6.45, 7) is 4.56. The van der Waals surface area contributed by atoms with Gasteiger partial charge in [0.15, 0.2) is 0 Å². The molecule has 4 fully saturated rings. The van der Waals surface area contributed by atoms with Crippen molar-refractivity contribution >= 4 is 150 Å². The Kier molecular flexibility index (Phi) is 36.8. The first kappa shape index (κ1) is 92.0. The third-order valence-electron chi connectivity index (χ3n) is 18.6. The number of carbonyl (C=O) groups excluding carboxylic acids is 17. The van der Waals surface area contributed by atoms with E-state index in [1.54, 1.807) is 20.8 Å². The Morgan fingerprint density at radius 3 is 1.47 bits per heavy atom. The Hall–Kier alpha value is -9.84. The molecule has 624 valence electrons. The SMILES string of the molecule is CC[C@H](C)[C@@H]1NC(=O)[C@H](CO)NC(=O)[C@@H]2CSSC[C@H](NC(=O)CN)C(=O)N[C@@H](CSSC[C@@H](C(N)=O)NC(=O)[C@H](CC(C)C)NC(=O)[C@H](CCC(=O)O)NC(=O)[C@@H]3CCCN3C(=O)[C@H](Cc3cnc[nH]3)NC(=O)[C@H](CC(N)=O)NC1=O)C(=O)N[C@@H](CO)C(=O)N[C@@H](Cc1cnc[nH]1)C(=O)N1CCC[C@H]1C(=O)N[C@@H](C)C(=O)N2. The molecule has 47 heteroatoms. The quantitative estimate of drug-likeness (QED) is 0.0616. The highest BCUT2D eigenvalue weighted by Gasteiger charge is 2.44. The summed E-state index contributed by atoms with van der Waals surface area (Å²) < 4.78 is 0. The maximum Gasteiger partial charge on any atom is 0.303 e. The molecule has 0 aromatic carbocycles. The molecule has 2 bridgehead atoms.